The van der Waals surface area contributed by atoms with E-state index in [1.807, 2.05) is 18.5 Å². The minimum Gasteiger partial charge on any atom is -0.425 e. The van der Waals surface area contributed by atoms with Crippen molar-refractivity contribution in [3.63, 3.8) is 0 Å². The molecule has 1 aliphatic heterocycles. The molecule has 4 aromatic rings. The first-order valence-corrected chi connectivity index (χ1v) is 10.8. The van der Waals surface area contributed by atoms with Crippen LogP contribution in [0.5, 0.6) is 11.6 Å². The molecule has 0 spiro atoms. The number of aryl methyl sites for hydroxylation is 1. The Hall–Kier alpha value is -3.44. The summed E-state index contributed by atoms with van der Waals surface area (Å²) < 4.78 is 8.48. The van der Waals surface area contributed by atoms with Crippen LogP contribution < -0.4 is 19.9 Å². The molecule has 3 N–H and O–H groups in total. The minimum atomic E-state index is -0.0241. The molecular weight excluding hydrogens is 384 g/mol. The smallest absolute Gasteiger partial charge is 0.306 e. The normalized spacial score (nSPS) is 14.9. The van der Waals surface area contributed by atoms with Gasteiger partial charge >= 0.3 is 5.88 Å². The summed E-state index contributed by atoms with van der Waals surface area (Å²) >= 11 is 0. The SMILES string of the molecule is C[NH+](C)CCC[n+]1cnc2c(c1N)[C@@H](c1ccccc1)c1ccc3ccccc3c1O2. The number of anilines is 1. The number of nitrogens with zero attached hydrogens (tertiary/aromatic N) is 2. The number of ether oxygens (including phenoxy) is 1. The van der Waals surface area contributed by atoms with Crippen molar-refractivity contribution in [2.24, 2.45) is 0 Å². The number of benzene rings is 3. The molecule has 5 nitrogen and oxygen atoms in total. The molecule has 0 bridgehead atoms. The fourth-order valence-electron chi connectivity index (χ4n) is 4.50. The predicted octanol–water partition coefficient (Wildman–Crippen LogP) is 2.93. The predicted molar refractivity (Wildman–Crippen MR) is 123 cm³/mol. The van der Waals surface area contributed by atoms with Crippen LogP contribution in [0.15, 0.2) is 73.1 Å². The molecule has 1 aromatic heterocycles. The van der Waals surface area contributed by atoms with Gasteiger partial charge < -0.3 is 15.4 Å². The lowest BCUT2D eigenvalue weighted by molar-refractivity contribution is -0.861. The van der Waals surface area contributed by atoms with Gasteiger partial charge in [-0.1, -0.05) is 71.7 Å². The van der Waals surface area contributed by atoms with Gasteiger partial charge in [0, 0.05) is 17.4 Å². The average Bonchev–Trinajstić information content (AvgIpc) is 2.79. The van der Waals surface area contributed by atoms with E-state index < -0.39 is 0 Å². The van der Waals surface area contributed by atoms with Crippen molar-refractivity contribution in [2.45, 2.75) is 18.9 Å². The molecule has 1 aliphatic rings. The molecule has 0 radical (unpaired) electrons. The molecule has 5 rings (SSSR count). The van der Waals surface area contributed by atoms with Gasteiger partial charge in [-0.3, -0.25) is 0 Å². The summed E-state index contributed by atoms with van der Waals surface area (Å²) in [6.45, 7) is 1.92. The highest BCUT2D eigenvalue weighted by molar-refractivity contribution is 5.91. The molecule has 2 heterocycles. The van der Waals surface area contributed by atoms with E-state index in [0.717, 1.165) is 53.0 Å². The van der Waals surface area contributed by atoms with Crippen molar-refractivity contribution in [3.8, 4) is 11.6 Å². The number of fused-ring (bicyclic) bond motifs is 4. The highest BCUT2D eigenvalue weighted by Crippen LogP contribution is 2.50. The highest BCUT2D eigenvalue weighted by Gasteiger charge is 2.36. The summed E-state index contributed by atoms with van der Waals surface area (Å²) in [6.07, 6.45) is 2.85. The Morgan fingerprint density at radius 2 is 1.77 bits per heavy atom. The van der Waals surface area contributed by atoms with E-state index in [2.05, 4.69) is 73.3 Å². The summed E-state index contributed by atoms with van der Waals surface area (Å²) in [5.74, 6) is 2.18. The van der Waals surface area contributed by atoms with Gasteiger partial charge in [-0.2, -0.15) is 0 Å². The van der Waals surface area contributed by atoms with Crippen LogP contribution in [0.25, 0.3) is 10.8 Å². The van der Waals surface area contributed by atoms with Crippen molar-refractivity contribution < 1.29 is 14.2 Å². The molecule has 3 aromatic carbocycles. The van der Waals surface area contributed by atoms with Crippen molar-refractivity contribution in [3.05, 3.63) is 89.7 Å². The lowest BCUT2D eigenvalue weighted by Crippen LogP contribution is -3.05. The molecule has 156 valence electrons. The van der Waals surface area contributed by atoms with Gasteiger partial charge in [-0.25, -0.2) is 4.57 Å². The summed E-state index contributed by atoms with van der Waals surface area (Å²) in [5.41, 5.74) is 10.0. The van der Waals surface area contributed by atoms with Gasteiger partial charge in [-0.05, 0) is 10.9 Å². The number of nitrogen functional groups attached to an aromatic ring is 1. The maximum absolute atomic E-state index is 6.75. The molecule has 0 aliphatic carbocycles. The third-order valence-electron chi connectivity index (χ3n) is 6.05. The standard InChI is InChI=1S/C26H26N4O/c1-29(2)15-8-16-30-17-28-26-23(25(30)27)22(19-10-4-3-5-11-19)21-14-13-18-9-6-7-12-20(18)24(21)31-26/h3-7,9-14,17,22,27H,8,15-16H2,1-2H3/p+2/t22-/m0/s1. The molecular formula is C26H28N4O+2. The number of hydrogen-bond donors (Lipinski definition) is 2. The zero-order valence-electron chi connectivity index (χ0n) is 18.0. The third kappa shape index (κ3) is 3.51. The molecule has 0 unspecified atom stereocenters. The Labute approximate surface area is 182 Å². The first kappa shape index (κ1) is 19.5. The van der Waals surface area contributed by atoms with E-state index in [0.29, 0.717) is 5.88 Å². The summed E-state index contributed by atoms with van der Waals surface area (Å²) in [4.78, 5) is 6.14. The van der Waals surface area contributed by atoms with Crippen LogP contribution in [0.1, 0.15) is 29.0 Å². The molecule has 0 saturated carbocycles. The first-order chi connectivity index (χ1) is 15.1. The van der Waals surface area contributed by atoms with E-state index >= 15 is 0 Å². The highest BCUT2D eigenvalue weighted by atomic mass is 16.5. The Kier molecular flexibility index (Phi) is 5.04. The maximum atomic E-state index is 6.75. The monoisotopic (exact) mass is 412 g/mol. The van der Waals surface area contributed by atoms with E-state index in [4.69, 9.17) is 15.5 Å². The second kappa shape index (κ2) is 8.00. The lowest BCUT2D eigenvalue weighted by Gasteiger charge is -2.28. The lowest BCUT2D eigenvalue weighted by atomic mass is 9.82. The van der Waals surface area contributed by atoms with Crippen LogP contribution in [-0.2, 0) is 6.54 Å². The van der Waals surface area contributed by atoms with Gasteiger partial charge in [0.2, 0.25) is 12.1 Å². The van der Waals surface area contributed by atoms with Gasteiger partial charge in [0.15, 0.2) is 0 Å². The molecule has 0 fully saturated rings. The summed E-state index contributed by atoms with van der Waals surface area (Å²) in [6, 6.07) is 23.2. The fraction of sp³-hybridized carbons (Fsp3) is 0.231. The van der Waals surface area contributed by atoms with Crippen molar-refractivity contribution in [1.29, 1.82) is 0 Å². The first-order valence-electron chi connectivity index (χ1n) is 10.8. The van der Waals surface area contributed by atoms with E-state index in [9.17, 15) is 0 Å². The quantitative estimate of drug-likeness (QED) is 0.437. The topological polar surface area (TPSA) is 56.5 Å². The van der Waals surface area contributed by atoms with Crippen LogP contribution in [0.3, 0.4) is 0 Å². The zero-order chi connectivity index (χ0) is 21.4. The van der Waals surface area contributed by atoms with Crippen molar-refractivity contribution in [2.75, 3.05) is 26.4 Å². The van der Waals surface area contributed by atoms with Crippen LogP contribution in [0, 0.1) is 0 Å². The third-order valence-corrected chi connectivity index (χ3v) is 6.05. The van der Waals surface area contributed by atoms with Crippen LogP contribution >= 0.6 is 0 Å². The van der Waals surface area contributed by atoms with Gasteiger partial charge in [0.1, 0.15) is 11.3 Å². The number of aromatic nitrogens is 2. The number of rotatable bonds is 5. The number of nitrogens with one attached hydrogen (secondary N) is 1. The largest absolute Gasteiger partial charge is 0.425 e. The van der Waals surface area contributed by atoms with E-state index in [1.54, 1.807) is 0 Å². The van der Waals surface area contributed by atoms with Crippen molar-refractivity contribution in [1.82, 2.24) is 4.98 Å². The Morgan fingerprint density at radius 3 is 2.58 bits per heavy atom. The second-order valence-electron chi connectivity index (χ2n) is 8.50. The molecule has 0 amide bonds. The fourth-order valence-corrected chi connectivity index (χ4v) is 4.50. The minimum absolute atomic E-state index is 0.0241. The average molecular weight is 413 g/mol. The Morgan fingerprint density at radius 1 is 1.00 bits per heavy atom. The number of quaternary nitrogens is 1. The van der Waals surface area contributed by atoms with Crippen LogP contribution in [-0.4, -0.2) is 25.6 Å². The number of hydrogen-bond acceptors (Lipinski definition) is 3. The van der Waals surface area contributed by atoms with E-state index in [1.165, 1.54) is 10.5 Å². The van der Waals surface area contributed by atoms with Gasteiger partial charge in [0.05, 0.1) is 33.1 Å². The van der Waals surface area contributed by atoms with Crippen LogP contribution in [0.4, 0.5) is 5.82 Å². The Balaban J connectivity index is 1.68. The molecule has 0 saturated heterocycles. The maximum Gasteiger partial charge on any atom is 0.306 e. The van der Waals surface area contributed by atoms with Gasteiger partial charge in [0.25, 0.3) is 0 Å². The summed E-state index contributed by atoms with van der Waals surface area (Å²) in [5, 5.41) is 2.25. The molecule has 5 heteroatoms. The van der Waals surface area contributed by atoms with Gasteiger partial charge in [-0.15, -0.1) is 0 Å². The molecule has 1 atom stereocenters. The van der Waals surface area contributed by atoms with E-state index in [-0.39, 0.29) is 5.92 Å². The van der Waals surface area contributed by atoms with Crippen molar-refractivity contribution >= 4 is 16.6 Å². The second-order valence-corrected chi connectivity index (χ2v) is 8.50. The van der Waals surface area contributed by atoms with Crippen LogP contribution in [0.2, 0.25) is 0 Å². The summed E-state index contributed by atoms with van der Waals surface area (Å²) in [7, 11) is 4.33. The number of nitrogens with two attached hydrogens (primary N) is 1. The zero-order valence-corrected chi connectivity index (χ0v) is 18.0. The Bertz CT molecular complexity index is 1240. The molecule has 31 heavy (non-hydrogen) atoms.